The lowest BCUT2D eigenvalue weighted by molar-refractivity contribution is -0.123. The van der Waals surface area contributed by atoms with Gasteiger partial charge in [0.25, 0.3) is 11.8 Å². The van der Waals surface area contributed by atoms with Crippen LogP contribution in [0.5, 0.6) is 11.5 Å². The second-order valence-electron chi connectivity index (χ2n) is 10.4. The van der Waals surface area contributed by atoms with Crippen LogP contribution in [0.2, 0.25) is 0 Å². The molecule has 0 radical (unpaired) electrons. The van der Waals surface area contributed by atoms with Gasteiger partial charge in [-0.15, -0.1) is 0 Å². The van der Waals surface area contributed by atoms with Gasteiger partial charge in [-0.25, -0.2) is 12.8 Å². The van der Waals surface area contributed by atoms with E-state index in [2.05, 4.69) is 5.32 Å². The highest BCUT2D eigenvalue weighted by atomic mass is 32.2. The van der Waals surface area contributed by atoms with Crippen molar-refractivity contribution in [1.29, 1.82) is 0 Å². The number of hydrogen-bond acceptors (Lipinski definition) is 6. The summed E-state index contributed by atoms with van der Waals surface area (Å²) in [6.45, 7) is -1.53. The average molecular weight is 670 g/mol. The number of halogens is 4. The molecule has 0 spiro atoms. The van der Waals surface area contributed by atoms with Crippen molar-refractivity contribution >= 4 is 38.5 Å². The number of sulfonamides is 1. The number of anilines is 1. The standard InChI is InChI=1S/C33H27F4N3O6S/c1-38-32(42)29-26-16-25(20-6-4-7-21(14-20)31(41)39-18-33(35,36)37)27(40(2)47(3,43)44)17-28(26)46-30(29)19-10-12-23(13-11-19)45-24-9-5-8-22(34)15-24/h4-17H,18H2,1-3H3,(H,38,42)(H,39,41). The normalized spacial score (nSPS) is 11.7. The van der Waals surface area contributed by atoms with Crippen molar-refractivity contribution in [2.24, 2.45) is 0 Å². The van der Waals surface area contributed by atoms with Crippen LogP contribution in [0.15, 0.2) is 89.3 Å². The van der Waals surface area contributed by atoms with Gasteiger partial charge < -0.3 is 19.8 Å². The van der Waals surface area contributed by atoms with Crippen LogP contribution < -0.4 is 19.7 Å². The van der Waals surface area contributed by atoms with Gasteiger partial charge in [0.05, 0.1) is 17.5 Å². The molecule has 5 aromatic rings. The third-order valence-corrected chi connectivity index (χ3v) is 8.32. The maximum absolute atomic E-state index is 13.6. The summed E-state index contributed by atoms with van der Waals surface area (Å²) >= 11 is 0. The average Bonchev–Trinajstić information content (AvgIpc) is 3.40. The van der Waals surface area contributed by atoms with Gasteiger partial charge >= 0.3 is 6.18 Å². The monoisotopic (exact) mass is 669 g/mol. The number of nitrogens with one attached hydrogen (secondary N) is 2. The van der Waals surface area contributed by atoms with Crippen molar-refractivity contribution in [3.63, 3.8) is 0 Å². The Kier molecular flexibility index (Phi) is 8.98. The molecule has 47 heavy (non-hydrogen) atoms. The van der Waals surface area contributed by atoms with E-state index in [1.165, 1.54) is 62.6 Å². The number of amides is 2. The van der Waals surface area contributed by atoms with Crippen molar-refractivity contribution in [3.8, 4) is 33.9 Å². The quantitative estimate of drug-likeness (QED) is 0.168. The number of fused-ring (bicyclic) bond motifs is 1. The van der Waals surface area contributed by atoms with Crippen LogP contribution in [0.3, 0.4) is 0 Å². The molecule has 244 valence electrons. The highest BCUT2D eigenvalue weighted by Crippen LogP contribution is 2.42. The number of ether oxygens (including phenoxy) is 1. The summed E-state index contributed by atoms with van der Waals surface area (Å²) in [5.41, 5.74) is 1.32. The number of nitrogens with zero attached hydrogens (tertiary/aromatic N) is 1. The Morgan fingerprint density at radius 2 is 1.60 bits per heavy atom. The summed E-state index contributed by atoms with van der Waals surface area (Å²) in [5.74, 6) is -1.14. The molecule has 0 aliphatic heterocycles. The van der Waals surface area contributed by atoms with Crippen molar-refractivity contribution in [2.45, 2.75) is 6.18 Å². The lowest BCUT2D eigenvalue weighted by Gasteiger charge is -2.21. The van der Waals surface area contributed by atoms with E-state index < -0.39 is 40.4 Å². The zero-order chi connectivity index (χ0) is 34.1. The molecule has 0 aliphatic rings. The maximum atomic E-state index is 13.6. The minimum atomic E-state index is -4.62. The maximum Gasteiger partial charge on any atom is 0.405 e. The van der Waals surface area contributed by atoms with Crippen molar-refractivity contribution in [3.05, 3.63) is 102 Å². The van der Waals surface area contributed by atoms with E-state index in [4.69, 9.17) is 9.15 Å². The molecular weight excluding hydrogens is 642 g/mol. The molecule has 14 heteroatoms. The van der Waals surface area contributed by atoms with E-state index in [-0.39, 0.29) is 39.5 Å². The molecule has 1 heterocycles. The fourth-order valence-corrected chi connectivity index (χ4v) is 5.32. The molecular formula is C33H27F4N3O6S. The Bertz CT molecular complexity index is 2090. The van der Waals surface area contributed by atoms with Crippen LogP contribution in [0.1, 0.15) is 20.7 Å². The highest BCUT2D eigenvalue weighted by molar-refractivity contribution is 7.92. The number of benzene rings is 4. The minimum absolute atomic E-state index is 0.0974. The number of hydrogen-bond donors (Lipinski definition) is 2. The first-order valence-corrected chi connectivity index (χ1v) is 15.7. The van der Waals surface area contributed by atoms with Gasteiger partial charge in [-0.05, 0) is 60.2 Å². The molecule has 0 unspecified atom stereocenters. The molecule has 0 atom stereocenters. The summed E-state index contributed by atoms with van der Waals surface area (Å²) in [6, 6.07) is 20.7. The molecule has 4 aromatic carbocycles. The first-order valence-electron chi connectivity index (χ1n) is 13.9. The summed E-state index contributed by atoms with van der Waals surface area (Å²) < 4.78 is 89.9. The molecule has 5 rings (SSSR count). The summed E-state index contributed by atoms with van der Waals surface area (Å²) in [7, 11) is -1.11. The van der Waals surface area contributed by atoms with Gasteiger partial charge in [0.15, 0.2) is 0 Å². The van der Waals surface area contributed by atoms with Crippen molar-refractivity contribution < 1.29 is 44.7 Å². The highest BCUT2D eigenvalue weighted by Gasteiger charge is 2.29. The Labute approximate surface area is 266 Å². The molecule has 0 aliphatic carbocycles. The van der Waals surface area contributed by atoms with E-state index >= 15 is 0 Å². The third-order valence-electron chi connectivity index (χ3n) is 7.13. The van der Waals surface area contributed by atoms with E-state index in [0.717, 1.165) is 10.6 Å². The van der Waals surface area contributed by atoms with Gasteiger partial charge in [-0.2, -0.15) is 13.2 Å². The molecule has 9 nitrogen and oxygen atoms in total. The Balaban J connectivity index is 1.64. The lowest BCUT2D eigenvalue weighted by atomic mass is 9.97. The zero-order valence-corrected chi connectivity index (χ0v) is 25.9. The molecule has 0 saturated heterocycles. The Morgan fingerprint density at radius 3 is 2.23 bits per heavy atom. The minimum Gasteiger partial charge on any atom is -0.457 e. The van der Waals surface area contributed by atoms with E-state index in [1.54, 1.807) is 36.4 Å². The summed E-state index contributed by atoms with van der Waals surface area (Å²) in [6.07, 6.45) is -3.63. The van der Waals surface area contributed by atoms with Gasteiger partial charge in [0.1, 0.15) is 35.2 Å². The number of furan rings is 1. The van der Waals surface area contributed by atoms with E-state index in [9.17, 15) is 35.6 Å². The number of alkyl halides is 3. The number of carbonyl (C=O) groups is 2. The van der Waals surface area contributed by atoms with Gasteiger partial charge in [-0.3, -0.25) is 13.9 Å². The lowest BCUT2D eigenvalue weighted by Crippen LogP contribution is -2.33. The van der Waals surface area contributed by atoms with Crippen LogP contribution in [-0.4, -0.2) is 53.3 Å². The predicted molar refractivity (Wildman–Crippen MR) is 169 cm³/mol. The van der Waals surface area contributed by atoms with Crippen LogP contribution >= 0.6 is 0 Å². The largest absolute Gasteiger partial charge is 0.457 e. The van der Waals surface area contributed by atoms with Crippen LogP contribution in [-0.2, 0) is 10.0 Å². The summed E-state index contributed by atoms with van der Waals surface area (Å²) in [5, 5.41) is 4.70. The van der Waals surface area contributed by atoms with Crippen LogP contribution in [0.4, 0.5) is 23.2 Å². The van der Waals surface area contributed by atoms with Crippen molar-refractivity contribution in [2.75, 3.05) is 31.2 Å². The van der Waals surface area contributed by atoms with E-state index in [1.807, 2.05) is 5.32 Å². The summed E-state index contributed by atoms with van der Waals surface area (Å²) in [4.78, 5) is 25.8. The molecule has 2 amide bonds. The molecule has 0 bridgehead atoms. The first kappa shape index (κ1) is 33.0. The van der Waals surface area contributed by atoms with Gasteiger partial charge in [-0.1, -0.05) is 18.2 Å². The van der Waals surface area contributed by atoms with Crippen LogP contribution in [0.25, 0.3) is 33.4 Å². The molecule has 0 saturated carbocycles. The van der Waals surface area contributed by atoms with E-state index in [0.29, 0.717) is 22.3 Å². The molecule has 1 aromatic heterocycles. The first-order chi connectivity index (χ1) is 22.1. The zero-order valence-electron chi connectivity index (χ0n) is 25.1. The topological polar surface area (TPSA) is 118 Å². The number of rotatable bonds is 9. The fraction of sp³-hybridized carbons (Fsp3) is 0.152. The predicted octanol–water partition coefficient (Wildman–Crippen LogP) is 6.75. The van der Waals surface area contributed by atoms with Gasteiger partial charge in [0, 0.05) is 48.3 Å². The molecule has 2 N–H and O–H groups in total. The van der Waals surface area contributed by atoms with Crippen molar-refractivity contribution in [1.82, 2.24) is 10.6 Å². The SMILES string of the molecule is CNC(=O)c1c(-c2ccc(Oc3cccc(F)c3)cc2)oc2cc(N(C)S(C)(=O)=O)c(-c3cccc(C(=O)NCC(F)(F)F)c3)cc12. The number of carbonyl (C=O) groups excluding carboxylic acids is 2. The van der Waals surface area contributed by atoms with Crippen LogP contribution in [0, 0.1) is 5.82 Å². The smallest absolute Gasteiger partial charge is 0.405 e. The second-order valence-corrected chi connectivity index (χ2v) is 12.5. The fourth-order valence-electron chi connectivity index (χ4n) is 4.81. The second kappa shape index (κ2) is 12.8. The Morgan fingerprint density at radius 1 is 0.894 bits per heavy atom. The molecule has 0 fully saturated rings. The van der Waals surface area contributed by atoms with Gasteiger partial charge in [0.2, 0.25) is 10.0 Å². The Hall–Kier alpha value is -5.37. The third kappa shape index (κ3) is 7.38.